The number of hydrogen-bond donors (Lipinski definition) is 2. The number of benzene rings is 1. The Bertz CT molecular complexity index is 1030. The summed E-state index contributed by atoms with van der Waals surface area (Å²) in [5, 5.41) is 13.8. The van der Waals surface area contributed by atoms with Crippen molar-refractivity contribution in [2.75, 3.05) is 0 Å². The van der Waals surface area contributed by atoms with Crippen LogP contribution in [0.5, 0.6) is 5.75 Å². The Morgan fingerprint density at radius 2 is 2.22 bits per heavy atom. The van der Waals surface area contributed by atoms with E-state index in [-0.39, 0.29) is 5.41 Å². The topological polar surface area (TPSA) is 71.5 Å². The van der Waals surface area contributed by atoms with Crippen LogP contribution < -0.4 is 10.1 Å². The molecule has 5 heteroatoms. The van der Waals surface area contributed by atoms with Gasteiger partial charge in [-0.15, -0.1) is 5.92 Å². The average molecular weight is 433 g/mol. The lowest BCUT2D eigenvalue weighted by Gasteiger charge is -2.52. The molecule has 0 unspecified atom stereocenters. The molecule has 2 aliphatic carbocycles. The van der Waals surface area contributed by atoms with E-state index in [1.165, 1.54) is 11.1 Å². The van der Waals surface area contributed by atoms with Gasteiger partial charge in [0.1, 0.15) is 11.4 Å². The molecular formula is C27H32N2O3. The largest absolute Gasteiger partial charge is 0.412 e. The first-order valence-electron chi connectivity index (χ1n) is 11.6. The monoisotopic (exact) mass is 432 g/mol. The minimum atomic E-state index is -0.858. The summed E-state index contributed by atoms with van der Waals surface area (Å²) in [4.78, 5) is 16.3. The summed E-state index contributed by atoms with van der Waals surface area (Å²) >= 11 is 0. The van der Waals surface area contributed by atoms with Crippen LogP contribution in [0.15, 0.2) is 42.7 Å². The van der Waals surface area contributed by atoms with E-state index >= 15 is 0 Å². The number of pyridine rings is 1. The molecule has 1 heterocycles. The quantitative estimate of drug-likeness (QED) is 0.659. The van der Waals surface area contributed by atoms with Crippen LogP contribution in [0.1, 0.15) is 69.1 Å². The zero-order valence-electron chi connectivity index (χ0n) is 19.0. The smallest absolute Gasteiger partial charge is 0.410 e. The van der Waals surface area contributed by atoms with Crippen molar-refractivity contribution in [3.63, 3.8) is 0 Å². The second-order valence-electron chi connectivity index (χ2n) is 9.18. The molecule has 1 fully saturated rings. The summed E-state index contributed by atoms with van der Waals surface area (Å²) in [5.74, 6) is 6.99. The fraction of sp³-hybridized carbons (Fsp3) is 0.481. The maximum atomic E-state index is 12.3. The summed E-state index contributed by atoms with van der Waals surface area (Å²) < 4.78 is 5.57. The highest BCUT2D eigenvalue weighted by atomic mass is 16.6. The summed E-state index contributed by atoms with van der Waals surface area (Å²) in [7, 11) is 0. The molecule has 1 amide bonds. The summed E-state index contributed by atoms with van der Waals surface area (Å²) in [6.45, 7) is 4.41. The van der Waals surface area contributed by atoms with Crippen LogP contribution >= 0.6 is 0 Å². The lowest BCUT2D eigenvalue weighted by molar-refractivity contribution is -0.0109. The van der Waals surface area contributed by atoms with E-state index in [1.54, 1.807) is 19.3 Å². The Balaban J connectivity index is 1.50. The van der Waals surface area contributed by atoms with Crippen LogP contribution in [-0.4, -0.2) is 21.8 Å². The number of amides is 1. The molecule has 0 spiro atoms. The van der Waals surface area contributed by atoms with Crippen molar-refractivity contribution in [1.82, 2.24) is 10.3 Å². The van der Waals surface area contributed by atoms with E-state index in [4.69, 9.17) is 4.74 Å². The van der Waals surface area contributed by atoms with E-state index in [1.807, 2.05) is 24.3 Å². The standard InChI is InChI=1S/C27H32N2O3/c1-3-11-26(31)13-14-27(12-4-2)22(17-26)8-7-21-16-23(9-10-24(21)27)32-25(30)29-19-20-6-5-15-28-18-20/h5-6,9-10,15-16,18,22,31H,4,7-8,12-14,17,19H2,1-2H3,(H,29,30)/t22-,26+,27-/m0/s1. The van der Waals surface area contributed by atoms with Gasteiger partial charge in [-0.3, -0.25) is 4.98 Å². The zero-order valence-corrected chi connectivity index (χ0v) is 19.0. The molecular weight excluding hydrogens is 400 g/mol. The fourth-order valence-electron chi connectivity index (χ4n) is 5.80. The first-order chi connectivity index (χ1) is 15.5. The molecule has 2 N–H and O–H groups in total. The van der Waals surface area contributed by atoms with Gasteiger partial charge in [0.15, 0.2) is 0 Å². The average Bonchev–Trinajstić information content (AvgIpc) is 2.79. The van der Waals surface area contributed by atoms with Gasteiger partial charge in [-0.05, 0) is 91.7 Å². The van der Waals surface area contributed by atoms with Gasteiger partial charge in [0.05, 0.1) is 0 Å². The number of fused-ring (bicyclic) bond motifs is 3. The van der Waals surface area contributed by atoms with Gasteiger partial charge < -0.3 is 15.2 Å². The number of carbonyl (C=O) groups excluding carboxylic acids is 1. The van der Waals surface area contributed by atoms with Crippen LogP contribution in [0.4, 0.5) is 4.79 Å². The van der Waals surface area contributed by atoms with Crippen molar-refractivity contribution < 1.29 is 14.6 Å². The molecule has 1 aromatic carbocycles. The third kappa shape index (κ3) is 4.52. The highest BCUT2D eigenvalue weighted by Gasteiger charge is 2.50. The van der Waals surface area contributed by atoms with Crippen LogP contribution in [0.2, 0.25) is 0 Å². The predicted octanol–water partition coefficient (Wildman–Crippen LogP) is 4.91. The number of aromatic nitrogens is 1. The van der Waals surface area contributed by atoms with Gasteiger partial charge >= 0.3 is 6.09 Å². The molecule has 2 aromatic rings. The lowest BCUT2D eigenvalue weighted by atomic mass is 9.53. The molecule has 4 rings (SSSR count). The lowest BCUT2D eigenvalue weighted by Crippen LogP contribution is -2.49. The van der Waals surface area contributed by atoms with Gasteiger partial charge in [-0.2, -0.15) is 0 Å². The minimum absolute atomic E-state index is 0.0745. The van der Waals surface area contributed by atoms with Gasteiger partial charge in [-0.1, -0.05) is 31.4 Å². The van der Waals surface area contributed by atoms with Crippen molar-refractivity contribution in [3.05, 3.63) is 59.4 Å². The highest BCUT2D eigenvalue weighted by Crippen LogP contribution is 2.55. The molecule has 168 valence electrons. The SMILES string of the molecule is CC#C[C@@]1(O)CC[C@]2(CCC)c3ccc(OC(=O)NCc4cccnc4)cc3CC[C@H]2C1. The molecule has 5 nitrogen and oxygen atoms in total. The molecule has 3 atom stereocenters. The fourth-order valence-corrected chi connectivity index (χ4v) is 5.80. The number of carbonyl (C=O) groups is 1. The second kappa shape index (κ2) is 9.34. The molecule has 1 saturated carbocycles. The first kappa shape index (κ1) is 22.4. The van der Waals surface area contributed by atoms with Gasteiger partial charge in [0.25, 0.3) is 0 Å². The molecule has 32 heavy (non-hydrogen) atoms. The Morgan fingerprint density at radius 3 is 2.97 bits per heavy atom. The number of aryl methyl sites for hydroxylation is 1. The summed E-state index contributed by atoms with van der Waals surface area (Å²) in [6.07, 6.45) is 9.50. The number of nitrogens with one attached hydrogen (secondary N) is 1. The van der Waals surface area contributed by atoms with Crippen molar-refractivity contribution in [3.8, 4) is 17.6 Å². The van der Waals surface area contributed by atoms with E-state index in [0.29, 0.717) is 24.6 Å². The van der Waals surface area contributed by atoms with Crippen molar-refractivity contribution in [2.45, 2.75) is 76.4 Å². The molecule has 2 aliphatic rings. The van der Waals surface area contributed by atoms with Crippen molar-refractivity contribution in [1.29, 1.82) is 0 Å². The third-order valence-corrected chi connectivity index (χ3v) is 7.15. The Hall–Kier alpha value is -2.84. The van der Waals surface area contributed by atoms with E-state index in [0.717, 1.165) is 44.1 Å². The first-order valence-corrected chi connectivity index (χ1v) is 11.6. The van der Waals surface area contributed by atoms with Gasteiger partial charge in [0.2, 0.25) is 0 Å². The van der Waals surface area contributed by atoms with E-state index in [2.05, 4.69) is 35.1 Å². The molecule has 1 aromatic heterocycles. The number of rotatable bonds is 5. The molecule has 0 saturated heterocycles. The van der Waals surface area contributed by atoms with Crippen molar-refractivity contribution in [2.24, 2.45) is 5.92 Å². The van der Waals surface area contributed by atoms with Crippen LogP contribution in [0, 0.1) is 17.8 Å². The third-order valence-electron chi connectivity index (χ3n) is 7.15. The minimum Gasteiger partial charge on any atom is -0.410 e. The zero-order chi connectivity index (χ0) is 22.6. The second-order valence-corrected chi connectivity index (χ2v) is 9.18. The predicted molar refractivity (Wildman–Crippen MR) is 124 cm³/mol. The Labute approximate surface area is 190 Å². The highest BCUT2D eigenvalue weighted by molar-refractivity contribution is 5.70. The molecule has 0 aliphatic heterocycles. The van der Waals surface area contributed by atoms with Crippen LogP contribution in [0.25, 0.3) is 0 Å². The van der Waals surface area contributed by atoms with E-state index in [9.17, 15) is 9.90 Å². The van der Waals surface area contributed by atoms with Gasteiger partial charge in [0, 0.05) is 18.9 Å². The maximum Gasteiger partial charge on any atom is 0.412 e. The van der Waals surface area contributed by atoms with Crippen LogP contribution in [-0.2, 0) is 18.4 Å². The number of hydrogen-bond acceptors (Lipinski definition) is 4. The van der Waals surface area contributed by atoms with Gasteiger partial charge in [-0.25, -0.2) is 4.79 Å². The number of aliphatic hydroxyl groups is 1. The van der Waals surface area contributed by atoms with Crippen molar-refractivity contribution >= 4 is 6.09 Å². The molecule has 0 radical (unpaired) electrons. The van der Waals surface area contributed by atoms with Crippen LogP contribution in [0.3, 0.4) is 0 Å². The summed E-state index contributed by atoms with van der Waals surface area (Å²) in [6, 6.07) is 9.84. The number of nitrogens with zero attached hydrogens (tertiary/aromatic N) is 1. The number of ether oxygens (including phenoxy) is 1. The summed E-state index contributed by atoms with van der Waals surface area (Å²) in [5.41, 5.74) is 2.77. The van der Waals surface area contributed by atoms with E-state index < -0.39 is 11.7 Å². The maximum absolute atomic E-state index is 12.3. The Morgan fingerprint density at radius 1 is 1.34 bits per heavy atom. The normalized spacial score (nSPS) is 26.2. The Kier molecular flexibility index (Phi) is 6.53. The molecule has 0 bridgehead atoms.